The van der Waals surface area contributed by atoms with Crippen LogP contribution in [0.5, 0.6) is 0 Å². The minimum absolute atomic E-state index is 0.0326. The lowest BCUT2D eigenvalue weighted by molar-refractivity contribution is -0.153. The predicted octanol–water partition coefficient (Wildman–Crippen LogP) is 1.71. The van der Waals surface area contributed by atoms with Gasteiger partial charge in [0.25, 0.3) is 0 Å². The number of benzene rings is 1. The molecule has 1 aromatic rings. The maximum Gasteiger partial charge on any atom is 0.224 e. The second-order valence-corrected chi connectivity index (χ2v) is 5.09. The van der Waals surface area contributed by atoms with Gasteiger partial charge in [0.2, 0.25) is 5.91 Å². The number of morpholine rings is 1. The Labute approximate surface area is 114 Å². The molecule has 0 radical (unpaired) electrons. The molecule has 0 aliphatic carbocycles. The largest absolute Gasteiger partial charge is 0.369 e. The van der Waals surface area contributed by atoms with E-state index in [9.17, 15) is 4.79 Å². The van der Waals surface area contributed by atoms with E-state index >= 15 is 0 Å². The fraction of sp³-hybridized carbons (Fsp3) is 0.533. The molecule has 1 aromatic carbocycles. The lowest BCUT2D eigenvalue weighted by atomic mass is 9.98. The Hall–Kier alpha value is -1.39. The Balaban J connectivity index is 2.18. The van der Waals surface area contributed by atoms with E-state index in [2.05, 4.69) is 0 Å². The first-order valence-electron chi connectivity index (χ1n) is 6.83. The Kier molecular flexibility index (Phi) is 4.56. The summed E-state index contributed by atoms with van der Waals surface area (Å²) in [6, 6.07) is 10.2. The number of hydrogen-bond acceptors (Lipinski definition) is 3. The number of carbonyl (C=O) groups is 1. The topological polar surface area (TPSA) is 55.6 Å². The maximum atomic E-state index is 12.2. The summed E-state index contributed by atoms with van der Waals surface area (Å²) in [4.78, 5) is 14.1. The lowest BCUT2D eigenvalue weighted by Gasteiger charge is -2.44. The SMILES string of the molecule is C[C@@H]1CO[C@H](c2ccccc2)[C@@H](C)N1C(=O)CCN. The van der Waals surface area contributed by atoms with Crippen molar-refractivity contribution in [3.8, 4) is 0 Å². The summed E-state index contributed by atoms with van der Waals surface area (Å²) >= 11 is 0. The molecule has 2 N–H and O–H groups in total. The summed E-state index contributed by atoms with van der Waals surface area (Å²) < 4.78 is 5.92. The van der Waals surface area contributed by atoms with Gasteiger partial charge in [-0.15, -0.1) is 0 Å². The molecule has 4 nitrogen and oxygen atoms in total. The van der Waals surface area contributed by atoms with Crippen molar-refractivity contribution in [2.24, 2.45) is 5.73 Å². The second-order valence-electron chi connectivity index (χ2n) is 5.09. The molecule has 0 bridgehead atoms. The summed E-state index contributed by atoms with van der Waals surface area (Å²) in [5, 5.41) is 0. The van der Waals surface area contributed by atoms with Crippen molar-refractivity contribution in [1.82, 2.24) is 4.90 Å². The molecular weight excluding hydrogens is 240 g/mol. The Morgan fingerprint density at radius 3 is 2.68 bits per heavy atom. The quantitative estimate of drug-likeness (QED) is 0.902. The van der Waals surface area contributed by atoms with Gasteiger partial charge in [-0.1, -0.05) is 30.3 Å². The average Bonchev–Trinajstić information content (AvgIpc) is 2.40. The van der Waals surface area contributed by atoms with Crippen molar-refractivity contribution in [1.29, 1.82) is 0 Å². The predicted molar refractivity (Wildman–Crippen MR) is 74.6 cm³/mol. The normalized spacial score (nSPS) is 27.3. The fourth-order valence-electron chi connectivity index (χ4n) is 2.75. The van der Waals surface area contributed by atoms with Gasteiger partial charge in [-0.3, -0.25) is 4.79 Å². The van der Waals surface area contributed by atoms with Gasteiger partial charge in [0.05, 0.1) is 18.7 Å². The van der Waals surface area contributed by atoms with Gasteiger partial charge in [-0.2, -0.15) is 0 Å². The molecule has 19 heavy (non-hydrogen) atoms. The van der Waals surface area contributed by atoms with Crippen molar-refractivity contribution < 1.29 is 9.53 Å². The zero-order valence-electron chi connectivity index (χ0n) is 11.6. The summed E-state index contributed by atoms with van der Waals surface area (Å²) in [6.07, 6.45) is 0.343. The highest BCUT2D eigenvalue weighted by Gasteiger charge is 2.36. The van der Waals surface area contributed by atoms with E-state index in [0.717, 1.165) is 5.56 Å². The van der Waals surface area contributed by atoms with Gasteiger partial charge in [0, 0.05) is 13.0 Å². The molecule has 0 unspecified atom stereocenters. The molecule has 1 aliphatic rings. The zero-order valence-corrected chi connectivity index (χ0v) is 11.6. The molecule has 0 spiro atoms. The van der Waals surface area contributed by atoms with E-state index < -0.39 is 0 Å². The summed E-state index contributed by atoms with van der Waals surface area (Å²) in [7, 11) is 0. The molecule has 1 amide bonds. The minimum Gasteiger partial charge on any atom is -0.369 e. The smallest absolute Gasteiger partial charge is 0.224 e. The Morgan fingerprint density at radius 2 is 2.05 bits per heavy atom. The van der Waals surface area contributed by atoms with Gasteiger partial charge in [0.15, 0.2) is 0 Å². The van der Waals surface area contributed by atoms with E-state index in [1.54, 1.807) is 0 Å². The molecule has 0 saturated carbocycles. The number of rotatable bonds is 3. The highest BCUT2D eigenvalue weighted by molar-refractivity contribution is 5.77. The summed E-state index contributed by atoms with van der Waals surface area (Å²) in [6.45, 7) is 5.03. The third-order valence-corrected chi connectivity index (χ3v) is 3.64. The van der Waals surface area contributed by atoms with Crippen LogP contribution < -0.4 is 5.73 Å². The molecule has 1 heterocycles. The monoisotopic (exact) mass is 262 g/mol. The van der Waals surface area contributed by atoms with Crippen molar-refractivity contribution in [3.05, 3.63) is 35.9 Å². The number of hydrogen-bond donors (Lipinski definition) is 1. The maximum absolute atomic E-state index is 12.2. The molecular formula is C15H22N2O2. The number of carbonyl (C=O) groups excluding carboxylic acids is 1. The van der Waals surface area contributed by atoms with Crippen LogP contribution in [0.15, 0.2) is 30.3 Å². The molecule has 1 fully saturated rings. The van der Waals surface area contributed by atoms with Gasteiger partial charge < -0.3 is 15.4 Å². The molecule has 1 saturated heterocycles. The third kappa shape index (κ3) is 2.96. The van der Waals surface area contributed by atoms with E-state index in [4.69, 9.17) is 10.5 Å². The summed E-state index contributed by atoms with van der Waals surface area (Å²) in [5.74, 6) is 0.117. The molecule has 1 aliphatic heterocycles. The first-order chi connectivity index (χ1) is 9.15. The third-order valence-electron chi connectivity index (χ3n) is 3.64. The van der Waals surface area contributed by atoms with Crippen LogP contribution in [0.3, 0.4) is 0 Å². The van der Waals surface area contributed by atoms with Crippen LogP contribution in [-0.4, -0.2) is 36.0 Å². The number of nitrogens with two attached hydrogens (primary N) is 1. The van der Waals surface area contributed by atoms with Crippen molar-refractivity contribution in [2.45, 2.75) is 38.5 Å². The van der Waals surface area contributed by atoms with Gasteiger partial charge in [0.1, 0.15) is 6.10 Å². The zero-order chi connectivity index (χ0) is 13.8. The van der Waals surface area contributed by atoms with E-state index in [0.29, 0.717) is 19.6 Å². The van der Waals surface area contributed by atoms with E-state index in [-0.39, 0.29) is 24.1 Å². The molecule has 104 valence electrons. The minimum atomic E-state index is -0.0564. The van der Waals surface area contributed by atoms with Crippen molar-refractivity contribution >= 4 is 5.91 Å². The Bertz CT molecular complexity index is 421. The summed E-state index contributed by atoms with van der Waals surface area (Å²) in [5.41, 5.74) is 6.61. The molecule has 2 rings (SSSR count). The van der Waals surface area contributed by atoms with E-state index in [1.807, 2.05) is 49.1 Å². The first-order valence-corrected chi connectivity index (χ1v) is 6.83. The number of ether oxygens (including phenoxy) is 1. The van der Waals surface area contributed by atoms with Crippen LogP contribution in [0.2, 0.25) is 0 Å². The Morgan fingerprint density at radius 1 is 1.37 bits per heavy atom. The van der Waals surface area contributed by atoms with Gasteiger partial charge in [-0.05, 0) is 19.4 Å². The van der Waals surface area contributed by atoms with Crippen LogP contribution in [-0.2, 0) is 9.53 Å². The first kappa shape index (κ1) is 14.0. The van der Waals surface area contributed by atoms with Crippen LogP contribution >= 0.6 is 0 Å². The average molecular weight is 262 g/mol. The number of amides is 1. The second kappa shape index (κ2) is 6.17. The molecule has 0 aromatic heterocycles. The highest BCUT2D eigenvalue weighted by Crippen LogP contribution is 2.31. The van der Waals surface area contributed by atoms with Crippen LogP contribution in [0.1, 0.15) is 31.9 Å². The van der Waals surface area contributed by atoms with Crippen LogP contribution in [0.25, 0.3) is 0 Å². The fourth-order valence-corrected chi connectivity index (χ4v) is 2.75. The molecule has 3 atom stereocenters. The number of nitrogens with zero attached hydrogens (tertiary/aromatic N) is 1. The van der Waals surface area contributed by atoms with Gasteiger partial charge >= 0.3 is 0 Å². The van der Waals surface area contributed by atoms with Gasteiger partial charge in [-0.25, -0.2) is 0 Å². The van der Waals surface area contributed by atoms with Crippen LogP contribution in [0.4, 0.5) is 0 Å². The standard InChI is InChI=1S/C15H22N2O2/c1-11-10-19-15(13-6-4-3-5-7-13)12(2)17(11)14(18)8-9-16/h3-7,11-12,15H,8-10,16H2,1-2H3/t11-,12-,15+/m1/s1. The van der Waals surface area contributed by atoms with Crippen LogP contribution in [0, 0.1) is 0 Å². The lowest BCUT2D eigenvalue weighted by Crippen LogP contribution is -2.53. The van der Waals surface area contributed by atoms with Crippen molar-refractivity contribution in [2.75, 3.05) is 13.2 Å². The highest BCUT2D eigenvalue weighted by atomic mass is 16.5. The molecule has 4 heteroatoms. The van der Waals surface area contributed by atoms with E-state index in [1.165, 1.54) is 0 Å². The van der Waals surface area contributed by atoms with Crippen molar-refractivity contribution in [3.63, 3.8) is 0 Å².